The lowest BCUT2D eigenvalue weighted by molar-refractivity contribution is 0.0953. The molecular weight excluding hydrogens is 276 g/mol. The van der Waals surface area contributed by atoms with Gasteiger partial charge in [-0.15, -0.1) is 0 Å². The van der Waals surface area contributed by atoms with Gasteiger partial charge >= 0.3 is 0 Å². The molecule has 0 aliphatic heterocycles. The molecule has 2 aromatic heterocycles. The maximum absolute atomic E-state index is 11.8. The van der Waals surface area contributed by atoms with E-state index < -0.39 is 0 Å². The zero-order chi connectivity index (χ0) is 15.2. The first-order chi connectivity index (χ1) is 10.8. The summed E-state index contributed by atoms with van der Waals surface area (Å²) in [4.78, 5) is 19.0. The van der Waals surface area contributed by atoms with Crippen molar-refractivity contribution in [2.45, 2.75) is 6.54 Å². The molecule has 5 nitrogen and oxygen atoms in total. The Balaban J connectivity index is 1.43. The normalized spacial score (nSPS) is 10.7. The Labute approximate surface area is 128 Å². The molecule has 0 aliphatic carbocycles. The fourth-order valence-electron chi connectivity index (χ4n) is 2.36. The summed E-state index contributed by atoms with van der Waals surface area (Å²) in [5.41, 5.74) is 2.96. The van der Waals surface area contributed by atoms with Crippen molar-refractivity contribution in [3.8, 4) is 0 Å². The molecule has 0 saturated heterocycles. The van der Waals surface area contributed by atoms with Crippen molar-refractivity contribution < 1.29 is 4.79 Å². The Morgan fingerprint density at radius 3 is 2.91 bits per heavy atom. The summed E-state index contributed by atoms with van der Waals surface area (Å²) in [5, 5.41) is 7.43. The smallest absolute Gasteiger partial charge is 0.252 e. The number of amides is 1. The van der Waals surface area contributed by atoms with Gasteiger partial charge in [0.25, 0.3) is 5.91 Å². The zero-order valence-corrected chi connectivity index (χ0v) is 12.2. The number of carbonyl (C=O) groups excluding carboxylic acids is 1. The van der Waals surface area contributed by atoms with Crippen LogP contribution in [0, 0.1) is 0 Å². The number of para-hydroxylation sites is 1. The van der Waals surface area contributed by atoms with Gasteiger partial charge in [0.05, 0.1) is 5.56 Å². The highest BCUT2D eigenvalue weighted by atomic mass is 16.1. The molecule has 0 radical (unpaired) electrons. The van der Waals surface area contributed by atoms with Gasteiger partial charge in [-0.2, -0.15) is 0 Å². The molecule has 0 unspecified atom stereocenters. The molecule has 0 bridgehead atoms. The van der Waals surface area contributed by atoms with Crippen LogP contribution in [0.25, 0.3) is 10.9 Å². The number of benzene rings is 1. The summed E-state index contributed by atoms with van der Waals surface area (Å²) in [6.45, 7) is 2.06. The van der Waals surface area contributed by atoms with Crippen molar-refractivity contribution in [1.82, 2.24) is 20.6 Å². The van der Waals surface area contributed by atoms with Crippen molar-refractivity contribution >= 4 is 16.8 Å². The van der Waals surface area contributed by atoms with Crippen molar-refractivity contribution in [2.75, 3.05) is 13.1 Å². The number of nitrogens with one attached hydrogen (secondary N) is 3. The molecule has 112 valence electrons. The lowest BCUT2D eigenvalue weighted by atomic mass is 10.2. The number of aromatic nitrogens is 2. The number of carbonyl (C=O) groups is 1. The van der Waals surface area contributed by atoms with Crippen LogP contribution in [0.1, 0.15) is 15.9 Å². The number of nitrogens with zero attached hydrogens (tertiary/aromatic N) is 1. The van der Waals surface area contributed by atoms with E-state index >= 15 is 0 Å². The van der Waals surface area contributed by atoms with Crippen LogP contribution in [0.3, 0.4) is 0 Å². The van der Waals surface area contributed by atoms with Gasteiger partial charge in [0.15, 0.2) is 0 Å². The number of H-pyrrole nitrogens is 1. The highest BCUT2D eigenvalue weighted by Crippen LogP contribution is 2.16. The number of fused-ring (bicyclic) bond motifs is 1. The van der Waals surface area contributed by atoms with Crippen LogP contribution in [0.5, 0.6) is 0 Å². The molecule has 0 atom stereocenters. The fraction of sp³-hybridized carbons (Fsp3) is 0.176. The van der Waals surface area contributed by atoms with E-state index in [1.165, 1.54) is 10.9 Å². The third kappa shape index (κ3) is 3.32. The molecule has 22 heavy (non-hydrogen) atoms. The van der Waals surface area contributed by atoms with E-state index in [0.29, 0.717) is 18.7 Å². The van der Waals surface area contributed by atoms with Gasteiger partial charge in [-0.1, -0.05) is 18.2 Å². The average Bonchev–Trinajstić information content (AvgIpc) is 2.98. The number of hydrogen-bond acceptors (Lipinski definition) is 3. The molecule has 1 amide bonds. The molecule has 0 aliphatic rings. The Hall–Kier alpha value is -2.66. The molecule has 0 saturated carbocycles. The summed E-state index contributed by atoms with van der Waals surface area (Å²) in [6.07, 6.45) is 5.24. The highest BCUT2D eigenvalue weighted by molar-refractivity contribution is 5.93. The average molecular weight is 294 g/mol. The van der Waals surface area contributed by atoms with Gasteiger partial charge in [-0.05, 0) is 23.8 Å². The van der Waals surface area contributed by atoms with Crippen LogP contribution in [0.2, 0.25) is 0 Å². The van der Waals surface area contributed by atoms with Crippen LogP contribution >= 0.6 is 0 Å². The van der Waals surface area contributed by atoms with E-state index in [2.05, 4.69) is 32.7 Å². The van der Waals surface area contributed by atoms with E-state index in [9.17, 15) is 4.79 Å². The first-order valence-corrected chi connectivity index (χ1v) is 7.28. The predicted molar refractivity (Wildman–Crippen MR) is 86.6 cm³/mol. The van der Waals surface area contributed by atoms with Crippen LogP contribution in [0.15, 0.2) is 55.0 Å². The Morgan fingerprint density at radius 2 is 2.05 bits per heavy atom. The lowest BCUT2D eigenvalue weighted by Crippen LogP contribution is -2.31. The Morgan fingerprint density at radius 1 is 1.14 bits per heavy atom. The standard InChI is InChI=1S/C17H18N4O/c22-17(13-4-3-7-18-10-13)20-9-8-19-11-14-12-21-16-6-2-1-5-15(14)16/h1-7,10,12,19,21H,8-9,11H2,(H,20,22). The Bertz CT molecular complexity index is 751. The topological polar surface area (TPSA) is 69.8 Å². The SMILES string of the molecule is O=C(NCCNCc1c[nH]c2ccccc12)c1cccnc1. The third-order valence-electron chi connectivity index (χ3n) is 3.50. The molecule has 3 rings (SSSR count). The van der Waals surface area contributed by atoms with Crippen molar-refractivity contribution in [3.63, 3.8) is 0 Å². The monoisotopic (exact) mass is 294 g/mol. The molecule has 3 aromatic rings. The van der Waals surface area contributed by atoms with Crippen LogP contribution in [-0.4, -0.2) is 29.0 Å². The molecule has 5 heteroatoms. The van der Waals surface area contributed by atoms with E-state index in [-0.39, 0.29) is 5.91 Å². The second-order valence-electron chi connectivity index (χ2n) is 5.03. The molecular formula is C17H18N4O. The molecule has 1 aromatic carbocycles. The minimum atomic E-state index is -0.0954. The van der Waals surface area contributed by atoms with Crippen LogP contribution < -0.4 is 10.6 Å². The zero-order valence-electron chi connectivity index (χ0n) is 12.2. The summed E-state index contributed by atoms with van der Waals surface area (Å²) < 4.78 is 0. The number of pyridine rings is 1. The number of hydrogen-bond donors (Lipinski definition) is 3. The van der Waals surface area contributed by atoms with Crippen molar-refractivity contribution in [1.29, 1.82) is 0 Å². The van der Waals surface area contributed by atoms with Crippen LogP contribution in [0.4, 0.5) is 0 Å². The number of rotatable bonds is 6. The second-order valence-corrected chi connectivity index (χ2v) is 5.03. The summed E-state index contributed by atoms with van der Waals surface area (Å²) in [5.74, 6) is -0.0954. The largest absolute Gasteiger partial charge is 0.361 e. The van der Waals surface area contributed by atoms with Crippen molar-refractivity contribution in [2.24, 2.45) is 0 Å². The molecule has 3 N–H and O–H groups in total. The van der Waals surface area contributed by atoms with E-state index in [0.717, 1.165) is 12.1 Å². The van der Waals surface area contributed by atoms with Crippen molar-refractivity contribution in [3.05, 3.63) is 66.1 Å². The third-order valence-corrected chi connectivity index (χ3v) is 3.50. The van der Waals surface area contributed by atoms with Gasteiger partial charge in [-0.25, -0.2) is 0 Å². The first-order valence-electron chi connectivity index (χ1n) is 7.28. The second kappa shape index (κ2) is 6.87. The molecule has 0 fully saturated rings. The van der Waals surface area contributed by atoms with E-state index in [1.54, 1.807) is 24.5 Å². The van der Waals surface area contributed by atoms with Crippen LogP contribution in [-0.2, 0) is 6.54 Å². The summed E-state index contributed by atoms with van der Waals surface area (Å²) in [6, 6.07) is 11.7. The maximum atomic E-state index is 11.8. The summed E-state index contributed by atoms with van der Waals surface area (Å²) >= 11 is 0. The van der Waals surface area contributed by atoms with Gasteiger partial charge in [-0.3, -0.25) is 9.78 Å². The van der Waals surface area contributed by atoms with Gasteiger partial charge in [0.1, 0.15) is 0 Å². The number of aromatic amines is 1. The quantitative estimate of drug-likeness (QED) is 0.610. The predicted octanol–water partition coefficient (Wildman–Crippen LogP) is 2.08. The van der Waals surface area contributed by atoms with Gasteiger partial charge in [0.2, 0.25) is 0 Å². The minimum Gasteiger partial charge on any atom is -0.361 e. The van der Waals surface area contributed by atoms with E-state index in [1.807, 2.05) is 18.3 Å². The highest BCUT2D eigenvalue weighted by Gasteiger charge is 2.04. The lowest BCUT2D eigenvalue weighted by Gasteiger charge is -2.06. The maximum Gasteiger partial charge on any atom is 0.252 e. The fourth-order valence-corrected chi connectivity index (χ4v) is 2.36. The van der Waals surface area contributed by atoms with Gasteiger partial charge < -0.3 is 15.6 Å². The minimum absolute atomic E-state index is 0.0954. The molecule has 2 heterocycles. The van der Waals surface area contributed by atoms with E-state index in [4.69, 9.17) is 0 Å². The molecule has 0 spiro atoms. The summed E-state index contributed by atoms with van der Waals surface area (Å²) in [7, 11) is 0. The van der Waals surface area contributed by atoms with Gasteiger partial charge in [0, 0.05) is 49.1 Å². The Kier molecular flexibility index (Phi) is 4.46. The first kappa shape index (κ1) is 14.3.